The summed E-state index contributed by atoms with van der Waals surface area (Å²) in [7, 11) is 3.38. The van der Waals surface area contributed by atoms with E-state index in [2.05, 4.69) is 38.1 Å². The van der Waals surface area contributed by atoms with Gasteiger partial charge >= 0.3 is 0 Å². The summed E-state index contributed by atoms with van der Waals surface area (Å²) in [5.74, 6) is 0. The van der Waals surface area contributed by atoms with Crippen molar-refractivity contribution >= 4 is 62.1 Å². The van der Waals surface area contributed by atoms with Gasteiger partial charge in [-0.15, -0.1) is 22.7 Å². The predicted molar refractivity (Wildman–Crippen MR) is 154 cm³/mol. The standard InChI is InChI=1S/2C13H13ClO2S2/c2*1-2-3-10-4-6-11(7-5-10)12-8-9-13(17-12)18(14,15)16/h2*4-9H,2-3H2,1H3. The van der Waals surface area contributed by atoms with E-state index in [-0.39, 0.29) is 8.42 Å². The van der Waals surface area contributed by atoms with E-state index >= 15 is 0 Å². The molecule has 0 amide bonds. The highest BCUT2D eigenvalue weighted by atomic mass is 35.7. The van der Waals surface area contributed by atoms with Crippen LogP contribution >= 0.6 is 44.0 Å². The van der Waals surface area contributed by atoms with E-state index in [1.54, 1.807) is 24.3 Å². The van der Waals surface area contributed by atoms with Crippen LogP contribution in [0.15, 0.2) is 81.2 Å². The third-order valence-corrected chi connectivity index (χ3v) is 11.7. The monoisotopic (exact) mass is 600 g/mol. The van der Waals surface area contributed by atoms with Gasteiger partial charge in [-0.1, -0.05) is 75.2 Å². The van der Waals surface area contributed by atoms with E-state index in [1.165, 1.54) is 33.8 Å². The Balaban J connectivity index is 0.000000201. The Bertz CT molecular complexity index is 1370. The summed E-state index contributed by atoms with van der Waals surface area (Å²) in [6.45, 7) is 4.29. The third kappa shape index (κ3) is 8.16. The Morgan fingerprint density at radius 2 is 0.889 bits per heavy atom. The lowest BCUT2D eigenvalue weighted by Crippen LogP contribution is -1.83. The SMILES string of the molecule is CCCc1ccc(-c2ccc(S(=O)(=O)Cl)s2)cc1.CCCc1ccc(-c2ccc(S(=O)(=O)Cl)s2)cc1. The van der Waals surface area contributed by atoms with Gasteiger partial charge in [0.05, 0.1) is 0 Å². The molecule has 10 heteroatoms. The molecule has 0 aliphatic carbocycles. The zero-order valence-corrected chi connectivity index (χ0v) is 24.6. The lowest BCUT2D eigenvalue weighted by Gasteiger charge is -2.00. The van der Waals surface area contributed by atoms with Crippen molar-refractivity contribution in [2.24, 2.45) is 0 Å². The van der Waals surface area contributed by atoms with Gasteiger partial charge in [-0.25, -0.2) is 16.8 Å². The van der Waals surface area contributed by atoms with Crippen molar-refractivity contribution in [3.05, 3.63) is 83.9 Å². The number of rotatable bonds is 8. The molecular weight excluding hydrogens is 575 g/mol. The summed E-state index contributed by atoms with van der Waals surface area (Å²) in [6.07, 6.45) is 4.36. The van der Waals surface area contributed by atoms with E-state index in [0.29, 0.717) is 0 Å². The second-order valence-electron chi connectivity index (χ2n) is 8.01. The minimum atomic E-state index is -3.62. The number of benzene rings is 2. The summed E-state index contributed by atoms with van der Waals surface area (Å²) in [5, 5.41) is 0. The van der Waals surface area contributed by atoms with Gasteiger partial charge < -0.3 is 0 Å². The minimum absolute atomic E-state index is 0.191. The van der Waals surface area contributed by atoms with Crippen LogP contribution in [0.3, 0.4) is 0 Å². The molecule has 0 N–H and O–H groups in total. The van der Waals surface area contributed by atoms with Crippen LogP contribution in [0.5, 0.6) is 0 Å². The molecule has 0 unspecified atom stereocenters. The Hall–Kier alpha value is -1.68. The molecule has 36 heavy (non-hydrogen) atoms. The quantitative estimate of drug-likeness (QED) is 0.190. The van der Waals surface area contributed by atoms with Crippen molar-refractivity contribution in [3.63, 3.8) is 0 Å². The van der Waals surface area contributed by atoms with Crippen LogP contribution < -0.4 is 0 Å². The van der Waals surface area contributed by atoms with Crippen LogP contribution in [-0.4, -0.2) is 16.8 Å². The number of hydrogen-bond donors (Lipinski definition) is 0. The fraction of sp³-hybridized carbons (Fsp3) is 0.231. The van der Waals surface area contributed by atoms with Crippen LogP contribution in [0.1, 0.15) is 37.8 Å². The van der Waals surface area contributed by atoms with Gasteiger partial charge in [-0.2, -0.15) is 0 Å². The van der Waals surface area contributed by atoms with Crippen LogP contribution in [0.4, 0.5) is 0 Å². The van der Waals surface area contributed by atoms with Crippen LogP contribution in [0.25, 0.3) is 20.9 Å². The van der Waals surface area contributed by atoms with E-state index in [1.807, 2.05) is 24.3 Å². The van der Waals surface area contributed by atoms with Crippen molar-refractivity contribution in [1.82, 2.24) is 0 Å². The largest absolute Gasteiger partial charge is 0.270 e. The first kappa shape index (κ1) is 28.9. The van der Waals surface area contributed by atoms with Gasteiger partial charge in [0.25, 0.3) is 18.1 Å². The molecule has 0 saturated carbocycles. The Morgan fingerprint density at radius 3 is 1.14 bits per heavy atom. The van der Waals surface area contributed by atoms with Crippen molar-refractivity contribution in [1.29, 1.82) is 0 Å². The Kier molecular flexibility index (Phi) is 10.2. The number of aryl methyl sites for hydroxylation is 2. The average Bonchev–Trinajstić information content (AvgIpc) is 3.52. The molecule has 0 spiro atoms. The summed E-state index contributed by atoms with van der Waals surface area (Å²) in [5.41, 5.74) is 4.63. The average molecular weight is 602 g/mol. The molecular formula is C26H26Cl2O4S4. The molecule has 0 aliphatic heterocycles. The first-order valence-electron chi connectivity index (χ1n) is 11.3. The van der Waals surface area contributed by atoms with Gasteiger partial charge in [-0.3, -0.25) is 0 Å². The Morgan fingerprint density at radius 1 is 0.556 bits per heavy atom. The molecule has 2 heterocycles. The molecule has 0 radical (unpaired) electrons. The van der Waals surface area contributed by atoms with Gasteiger partial charge in [0, 0.05) is 31.1 Å². The number of halogens is 2. The smallest absolute Gasteiger partial charge is 0.206 e. The minimum Gasteiger partial charge on any atom is -0.206 e. The fourth-order valence-corrected chi connectivity index (χ4v) is 7.62. The van der Waals surface area contributed by atoms with Crippen LogP contribution in [0.2, 0.25) is 0 Å². The van der Waals surface area contributed by atoms with Gasteiger partial charge in [-0.05, 0) is 59.4 Å². The highest BCUT2D eigenvalue weighted by Gasteiger charge is 2.14. The molecule has 0 saturated heterocycles. The topological polar surface area (TPSA) is 68.3 Å². The number of thiophene rings is 2. The van der Waals surface area contributed by atoms with Crippen molar-refractivity contribution in [3.8, 4) is 20.9 Å². The number of hydrogen-bond acceptors (Lipinski definition) is 6. The molecule has 2 aromatic carbocycles. The van der Waals surface area contributed by atoms with Crippen LogP contribution in [-0.2, 0) is 30.9 Å². The maximum absolute atomic E-state index is 11.2. The van der Waals surface area contributed by atoms with E-state index in [0.717, 1.165) is 46.6 Å². The summed E-state index contributed by atoms with van der Waals surface area (Å²) in [4.78, 5) is 1.83. The van der Waals surface area contributed by atoms with E-state index in [9.17, 15) is 16.8 Å². The molecule has 0 aliphatic rings. The fourth-order valence-electron chi connectivity index (χ4n) is 3.46. The summed E-state index contributed by atoms with van der Waals surface area (Å²) >= 11 is 2.38. The molecule has 4 aromatic rings. The van der Waals surface area contributed by atoms with Gasteiger partial charge in [0.1, 0.15) is 8.42 Å². The van der Waals surface area contributed by atoms with Crippen LogP contribution in [0, 0.1) is 0 Å². The lowest BCUT2D eigenvalue weighted by molar-refractivity contribution is 0.609. The third-order valence-electron chi connectivity index (χ3n) is 5.20. The molecule has 192 valence electrons. The van der Waals surface area contributed by atoms with E-state index in [4.69, 9.17) is 21.4 Å². The predicted octanol–water partition coefficient (Wildman–Crippen LogP) is 8.59. The summed E-state index contributed by atoms with van der Waals surface area (Å²) in [6, 6.07) is 23.0. The lowest BCUT2D eigenvalue weighted by atomic mass is 10.1. The second-order valence-corrected chi connectivity index (χ2v) is 15.8. The van der Waals surface area contributed by atoms with Gasteiger partial charge in [0.15, 0.2) is 0 Å². The van der Waals surface area contributed by atoms with Crippen molar-refractivity contribution < 1.29 is 16.8 Å². The van der Waals surface area contributed by atoms with Crippen molar-refractivity contribution in [2.75, 3.05) is 0 Å². The highest BCUT2D eigenvalue weighted by Crippen LogP contribution is 2.33. The molecule has 0 bridgehead atoms. The normalized spacial score (nSPS) is 11.7. The second kappa shape index (κ2) is 12.7. The first-order valence-corrected chi connectivity index (χ1v) is 17.5. The molecule has 4 nitrogen and oxygen atoms in total. The van der Waals surface area contributed by atoms with Gasteiger partial charge in [0.2, 0.25) is 0 Å². The highest BCUT2D eigenvalue weighted by molar-refractivity contribution is 8.15. The van der Waals surface area contributed by atoms with E-state index < -0.39 is 18.1 Å². The molecule has 0 atom stereocenters. The Labute approximate surface area is 230 Å². The maximum atomic E-state index is 11.2. The molecule has 2 aromatic heterocycles. The molecule has 4 rings (SSSR count). The zero-order valence-electron chi connectivity index (χ0n) is 19.8. The maximum Gasteiger partial charge on any atom is 0.270 e. The molecule has 0 fully saturated rings. The summed E-state index contributed by atoms with van der Waals surface area (Å²) < 4.78 is 45.2. The zero-order chi connectivity index (χ0) is 26.3. The van der Waals surface area contributed by atoms with Crippen molar-refractivity contribution in [2.45, 2.75) is 47.9 Å². The first-order chi connectivity index (χ1) is 17.0.